The molecule has 1 aromatic carbocycles. The Kier molecular flexibility index (Phi) is 4.90. The molecule has 0 radical (unpaired) electrons. The van der Waals surface area contributed by atoms with Crippen LogP contribution in [0.15, 0.2) is 41.2 Å². The molecule has 0 atom stereocenters. The first-order valence-electron chi connectivity index (χ1n) is 9.39. The van der Waals surface area contributed by atoms with Crippen LogP contribution in [-0.2, 0) is 11.2 Å². The van der Waals surface area contributed by atoms with E-state index in [1.54, 1.807) is 17.0 Å². The van der Waals surface area contributed by atoms with E-state index in [1.807, 2.05) is 6.92 Å². The van der Waals surface area contributed by atoms with Crippen molar-refractivity contribution in [3.8, 4) is 0 Å². The predicted octanol–water partition coefficient (Wildman–Crippen LogP) is 3.17. The number of fused-ring (bicyclic) bond motifs is 1. The van der Waals surface area contributed by atoms with Gasteiger partial charge in [-0.25, -0.2) is 4.39 Å². The van der Waals surface area contributed by atoms with Gasteiger partial charge in [0.05, 0.1) is 18.2 Å². The number of halogens is 1. The van der Waals surface area contributed by atoms with Crippen LogP contribution in [-0.4, -0.2) is 40.8 Å². The van der Waals surface area contributed by atoms with Gasteiger partial charge in [-0.1, -0.05) is 0 Å². The fourth-order valence-corrected chi connectivity index (χ4v) is 3.82. The Morgan fingerprint density at radius 1 is 1.29 bits per heavy atom. The molecule has 0 spiro atoms. The first-order valence-corrected chi connectivity index (χ1v) is 9.39. The van der Waals surface area contributed by atoms with E-state index in [0.29, 0.717) is 31.5 Å². The largest absolute Gasteiger partial charge is 0.472 e. The molecule has 4 rings (SSSR count). The van der Waals surface area contributed by atoms with E-state index in [-0.39, 0.29) is 30.1 Å². The zero-order valence-electron chi connectivity index (χ0n) is 15.6. The Balaban J connectivity index is 1.35. The quantitative estimate of drug-likeness (QED) is 0.726. The average Bonchev–Trinajstić information content (AvgIpc) is 3.31. The van der Waals surface area contributed by atoms with Crippen LogP contribution in [0.1, 0.15) is 34.5 Å². The Morgan fingerprint density at radius 3 is 2.79 bits per heavy atom. The molecule has 3 heterocycles. The molecular formula is C21H22FN3O3. The highest BCUT2D eigenvalue weighted by Crippen LogP contribution is 2.24. The number of carbonyl (C=O) groups excluding carboxylic acids is 2. The van der Waals surface area contributed by atoms with Gasteiger partial charge in [0.1, 0.15) is 12.1 Å². The molecule has 28 heavy (non-hydrogen) atoms. The SMILES string of the molecule is Cc1[nH]c2ccc(F)cc2c1CC(=O)NC1CCN(C(=O)c2ccoc2)CC1. The number of aromatic amines is 1. The maximum atomic E-state index is 13.6. The minimum absolute atomic E-state index is 0.0307. The third-order valence-corrected chi connectivity index (χ3v) is 5.33. The molecule has 2 amide bonds. The van der Waals surface area contributed by atoms with E-state index in [9.17, 15) is 14.0 Å². The van der Waals surface area contributed by atoms with E-state index >= 15 is 0 Å². The first kappa shape index (κ1) is 18.3. The van der Waals surface area contributed by atoms with E-state index in [1.165, 1.54) is 24.7 Å². The number of benzene rings is 1. The highest BCUT2D eigenvalue weighted by atomic mass is 19.1. The summed E-state index contributed by atoms with van der Waals surface area (Å²) in [5.74, 6) is -0.453. The van der Waals surface area contributed by atoms with Crippen LogP contribution in [0, 0.1) is 12.7 Å². The van der Waals surface area contributed by atoms with Gasteiger partial charge >= 0.3 is 0 Å². The maximum absolute atomic E-state index is 13.6. The van der Waals surface area contributed by atoms with Gasteiger partial charge in [-0.15, -0.1) is 0 Å². The summed E-state index contributed by atoms with van der Waals surface area (Å²) in [5.41, 5.74) is 3.06. The minimum Gasteiger partial charge on any atom is -0.472 e. The van der Waals surface area contributed by atoms with Gasteiger partial charge in [-0.3, -0.25) is 9.59 Å². The molecule has 7 heteroatoms. The van der Waals surface area contributed by atoms with Crippen LogP contribution in [0.4, 0.5) is 4.39 Å². The molecule has 1 saturated heterocycles. The number of carbonyl (C=O) groups is 2. The number of nitrogens with zero attached hydrogens (tertiary/aromatic N) is 1. The van der Waals surface area contributed by atoms with E-state index in [2.05, 4.69) is 10.3 Å². The minimum atomic E-state index is -0.317. The molecule has 0 bridgehead atoms. The number of aromatic nitrogens is 1. The molecule has 1 fully saturated rings. The number of hydrogen-bond acceptors (Lipinski definition) is 3. The molecule has 1 aliphatic heterocycles. The summed E-state index contributed by atoms with van der Waals surface area (Å²) < 4.78 is 18.6. The van der Waals surface area contributed by atoms with Gasteiger partial charge in [0, 0.05) is 35.7 Å². The number of likely N-dealkylation sites (tertiary alicyclic amines) is 1. The molecular weight excluding hydrogens is 361 g/mol. The number of furan rings is 1. The van der Waals surface area contributed by atoms with Crippen molar-refractivity contribution in [1.82, 2.24) is 15.2 Å². The Labute approximate surface area is 161 Å². The van der Waals surface area contributed by atoms with Gasteiger partial charge in [0.25, 0.3) is 5.91 Å². The smallest absolute Gasteiger partial charge is 0.257 e. The summed E-state index contributed by atoms with van der Waals surface area (Å²) in [4.78, 5) is 29.9. The molecule has 0 aliphatic carbocycles. The summed E-state index contributed by atoms with van der Waals surface area (Å²) in [6, 6.07) is 6.24. The zero-order valence-corrected chi connectivity index (χ0v) is 15.6. The van der Waals surface area contributed by atoms with Crippen molar-refractivity contribution in [2.45, 2.75) is 32.2 Å². The summed E-state index contributed by atoms with van der Waals surface area (Å²) in [6.45, 7) is 3.07. The number of piperidine rings is 1. The van der Waals surface area contributed by atoms with Gasteiger partial charge in [0.2, 0.25) is 5.91 Å². The molecule has 146 valence electrons. The normalized spacial score (nSPS) is 15.1. The average molecular weight is 383 g/mol. The molecule has 0 unspecified atom stereocenters. The lowest BCUT2D eigenvalue weighted by molar-refractivity contribution is -0.121. The summed E-state index contributed by atoms with van der Waals surface area (Å²) in [6.07, 6.45) is 4.54. The predicted molar refractivity (Wildman–Crippen MR) is 102 cm³/mol. The number of aryl methyl sites for hydroxylation is 1. The molecule has 3 aromatic rings. The number of H-pyrrole nitrogens is 1. The Morgan fingerprint density at radius 2 is 2.07 bits per heavy atom. The van der Waals surface area contributed by atoms with Gasteiger partial charge in [-0.2, -0.15) is 0 Å². The zero-order chi connectivity index (χ0) is 19.7. The number of hydrogen-bond donors (Lipinski definition) is 2. The fraction of sp³-hybridized carbons (Fsp3) is 0.333. The lowest BCUT2D eigenvalue weighted by Crippen LogP contribution is -2.46. The van der Waals surface area contributed by atoms with Gasteiger partial charge in [0.15, 0.2) is 0 Å². The highest BCUT2D eigenvalue weighted by Gasteiger charge is 2.25. The summed E-state index contributed by atoms with van der Waals surface area (Å²) >= 11 is 0. The van der Waals surface area contributed by atoms with E-state index in [0.717, 1.165) is 22.2 Å². The molecule has 2 N–H and O–H groups in total. The first-order chi connectivity index (χ1) is 13.5. The monoisotopic (exact) mass is 383 g/mol. The van der Waals surface area contributed by atoms with Crippen LogP contribution in [0.25, 0.3) is 10.9 Å². The summed E-state index contributed by atoms with van der Waals surface area (Å²) in [5, 5.41) is 3.80. The molecule has 1 aliphatic rings. The van der Waals surface area contributed by atoms with Crippen molar-refractivity contribution < 1.29 is 18.4 Å². The number of amides is 2. The van der Waals surface area contributed by atoms with E-state index in [4.69, 9.17) is 4.42 Å². The van der Waals surface area contributed by atoms with E-state index < -0.39 is 0 Å². The van der Waals surface area contributed by atoms with Crippen LogP contribution < -0.4 is 5.32 Å². The highest BCUT2D eigenvalue weighted by molar-refractivity contribution is 5.94. The van der Waals surface area contributed by atoms with Crippen molar-refractivity contribution in [3.63, 3.8) is 0 Å². The maximum Gasteiger partial charge on any atom is 0.257 e. The van der Waals surface area contributed by atoms with Gasteiger partial charge in [-0.05, 0) is 49.6 Å². The van der Waals surface area contributed by atoms with Crippen LogP contribution >= 0.6 is 0 Å². The lowest BCUT2D eigenvalue weighted by atomic mass is 10.0. The van der Waals surface area contributed by atoms with Crippen LogP contribution in [0.3, 0.4) is 0 Å². The third-order valence-electron chi connectivity index (χ3n) is 5.33. The van der Waals surface area contributed by atoms with Crippen LogP contribution in [0.5, 0.6) is 0 Å². The lowest BCUT2D eigenvalue weighted by Gasteiger charge is -2.32. The van der Waals surface area contributed by atoms with Crippen molar-refractivity contribution in [1.29, 1.82) is 0 Å². The second kappa shape index (κ2) is 7.50. The molecule has 6 nitrogen and oxygen atoms in total. The second-order valence-electron chi connectivity index (χ2n) is 7.24. The van der Waals surface area contributed by atoms with Gasteiger partial charge < -0.3 is 19.6 Å². The van der Waals surface area contributed by atoms with Crippen molar-refractivity contribution >= 4 is 22.7 Å². The third kappa shape index (κ3) is 3.65. The number of rotatable bonds is 4. The van der Waals surface area contributed by atoms with Crippen molar-refractivity contribution in [2.75, 3.05) is 13.1 Å². The Hall–Kier alpha value is -3.09. The standard InChI is InChI=1S/C21H22FN3O3/c1-13-17(18-10-15(22)2-3-19(18)23-13)11-20(26)24-16-4-7-25(8-5-16)21(27)14-6-9-28-12-14/h2-3,6,9-10,12,16,23H,4-5,7-8,11H2,1H3,(H,24,26). The summed E-state index contributed by atoms with van der Waals surface area (Å²) in [7, 11) is 0. The molecule has 2 aromatic heterocycles. The Bertz CT molecular complexity index is 1000. The topological polar surface area (TPSA) is 78.3 Å². The van der Waals surface area contributed by atoms with Crippen molar-refractivity contribution in [2.24, 2.45) is 0 Å². The molecule has 0 saturated carbocycles. The van der Waals surface area contributed by atoms with Crippen molar-refractivity contribution in [3.05, 3.63) is 59.4 Å². The number of nitrogens with one attached hydrogen (secondary N) is 2. The fourth-order valence-electron chi connectivity index (χ4n) is 3.82. The van der Waals surface area contributed by atoms with Crippen LogP contribution in [0.2, 0.25) is 0 Å². The second-order valence-corrected chi connectivity index (χ2v) is 7.24.